The molecule has 0 aliphatic heterocycles. The van der Waals surface area contributed by atoms with Crippen LogP contribution in [0.3, 0.4) is 0 Å². The van der Waals surface area contributed by atoms with Gasteiger partial charge in [-0.05, 0) is 12.6 Å². The lowest BCUT2D eigenvalue weighted by Crippen LogP contribution is -2.46. The van der Waals surface area contributed by atoms with Gasteiger partial charge in [0.2, 0.25) is 0 Å². The highest BCUT2D eigenvalue weighted by Crippen LogP contribution is 2.01. The Hall–Kier alpha value is -0.540. The Balaban J connectivity index is 3.38. The molecule has 4 N–H and O–H groups in total. The van der Waals surface area contributed by atoms with E-state index in [-0.39, 0.29) is 0 Å². The van der Waals surface area contributed by atoms with Gasteiger partial charge in [0, 0.05) is 6.54 Å². The Morgan fingerprint density at radius 1 is 1.33 bits per heavy atom. The molecule has 0 rings (SSSR count). The van der Waals surface area contributed by atoms with Crippen LogP contribution < -0.4 is 11.5 Å². The summed E-state index contributed by atoms with van der Waals surface area (Å²) in [5, 5.41) is 0. The second-order valence-electron chi connectivity index (χ2n) is 2.97. The summed E-state index contributed by atoms with van der Waals surface area (Å²) in [6, 6.07) is 0. The normalized spacial score (nSPS) is 10.3. The molecule has 0 amide bonds. The fourth-order valence-corrected chi connectivity index (χ4v) is 1.08. The van der Waals surface area contributed by atoms with E-state index in [0.717, 1.165) is 13.0 Å². The van der Waals surface area contributed by atoms with Gasteiger partial charge in [0.25, 0.3) is 0 Å². The number of nitrogens with zero attached hydrogens (tertiary/aromatic N) is 1. The highest BCUT2D eigenvalue weighted by atomic mass is 15.3. The summed E-state index contributed by atoms with van der Waals surface area (Å²) in [6.07, 6.45) is 6.23. The molecule has 0 saturated carbocycles. The highest BCUT2D eigenvalue weighted by molar-refractivity contribution is 4.72. The average Bonchev–Trinajstić information content (AvgIpc) is 2.04. The fourth-order valence-electron chi connectivity index (χ4n) is 1.08. The standard InChI is InChI=1S/C9H21N3/c1-3-5-6-7-8-12(4-2)9(10)11/h4,9H,2-3,5-8,10-11H2,1H3. The molecule has 3 heteroatoms. The summed E-state index contributed by atoms with van der Waals surface area (Å²) in [7, 11) is 0. The van der Waals surface area contributed by atoms with E-state index in [1.807, 2.05) is 4.90 Å². The summed E-state index contributed by atoms with van der Waals surface area (Å²) >= 11 is 0. The number of hydrogen-bond donors (Lipinski definition) is 2. The maximum Gasteiger partial charge on any atom is 0.129 e. The zero-order valence-corrected chi connectivity index (χ0v) is 8.00. The predicted molar refractivity (Wildman–Crippen MR) is 53.2 cm³/mol. The van der Waals surface area contributed by atoms with Crippen LogP contribution in [0.15, 0.2) is 12.8 Å². The van der Waals surface area contributed by atoms with E-state index in [1.165, 1.54) is 19.3 Å². The monoisotopic (exact) mass is 171 g/mol. The molecule has 3 nitrogen and oxygen atoms in total. The van der Waals surface area contributed by atoms with Gasteiger partial charge in [0.05, 0.1) is 0 Å². The average molecular weight is 171 g/mol. The fraction of sp³-hybridized carbons (Fsp3) is 0.778. The molecule has 0 fully saturated rings. The molecule has 72 valence electrons. The lowest BCUT2D eigenvalue weighted by Gasteiger charge is -2.23. The Bertz CT molecular complexity index is 112. The van der Waals surface area contributed by atoms with Crippen molar-refractivity contribution in [2.45, 2.75) is 38.9 Å². The zero-order valence-electron chi connectivity index (χ0n) is 8.00. The van der Waals surface area contributed by atoms with Gasteiger partial charge in [-0.1, -0.05) is 32.8 Å². The lowest BCUT2D eigenvalue weighted by molar-refractivity contribution is 0.281. The van der Waals surface area contributed by atoms with Gasteiger partial charge in [-0.25, -0.2) is 0 Å². The Labute approximate surface area is 75.4 Å². The second-order valence-corrected chi connectivity index (χ2v) is 2.97. The van der Waals surface area contributed by atoms with Crippen molar-refractivity contribution in [2.75, 3.05) is 6.54 Å². The Kier molecular flexibility index (Phi) is 6.81. The molecule has 0 bridgehead atoms. The van der Waals surface area contributed by atoms with Crippen molar-refractivity contribution in [3.05, 3.63) is 12.8 Å². The van der Waals surface area contributed by atoms with Crippen LogP contribution in [-0.4, -0.2) is 17.7 Å². The van der Waals surface area contributed by atoms with E-state index < -0.39 is 6.29 Å². The number of unbranched alkanes of at least 4 members (excludes halogenated alkanes) is 3. The van der Waals surface area contributed by atoms with E-state index in [1.54, 1.807) is 6.20 Å². The van der Waals surface area contributed by atoms with Crippen LogP contribution in [0.25, 0.3) is 0 Å². The first kappa shape index (κ1) is 11.5. The molecular weight excluding hydrogens is 150 g/mol. The van der Waals surface area contributed by atoms with Gasteiger partial charge in [0.1, 0.15) is 6.29 Å². The number of rotatable bonds is 7. The molecular formula is C9H21N3. The molecule has 0 radical (unpaired) electrons. The number of hydrogen-bond acceptors (Lipinski definition) is 3. The molecule has 0 atom stereocenters. The first-order chi connectivity index (χ1) is 5.72. The van der Waals surface area contributed by atoms with E-state index >= 15 is 0 Å². The van der Waals surface area contributed by atoms with Crippen molar-refractivity contribution >= 4 is 0 Å². The minimum Gasteiger partial charge on any atom is -0.351 e. The van der Waals surface area contributed by atoms with Crippen LogP contribution >= 0.6 is 0 Å². The highest BCUT2D eigenvalue weighted by Gasteiger charge is 2.02. The van der Waals surface area contributed by atoms with Crippen molar-refractivity contribution in [3.8, 4) is 0 Å². The van der Waals surface area contributed by atoms with Gasteiger partial charge in [-0.2, -0.15) is 0 Å². The topological polar surface area (TPSA) is 55.3 Å². The SMILES string of the molecule is C=CN(CCCCCC)C(N)N. The quantitative estimate of drug-likeness (QED) is 0.447. The Morgan fingerprint density at radius 3 is 2.42 bits per heavy atom. The molecule has 0 saturated heterocycles. The number of nitrogens with two attached hydrogens (primary N) is 2. The summed E-state index contributed by atoms with van der Waals surface area (Å²) in [5.41, 5.74) is 11.0. The van der Waals surface area contributed by atoms with E-state index in [4.69, 9.17) is 11.5 Å². The van der Waals surface area contributed by atoms with Crippen molar-refractivity contribution in [2.24, 2.45) is 11.5 Å². The minimum absolute atomic E-state index is 0.399. The van der Waals surface area contributed by atoms with Gasteiger partial charge < -0.3 is 4.90 Å². The molecule has 0 spiro atoms. The van der Waals surface area contributed by atoms with Crippen molar-refractivity contribution in [1.82, 2.24) is 4.90 Å². The Morgan fingerprint density at radius 2 is 2.00 bits per heavy atom. The first-order valence-corrected chi connectivity index (χ1v) is 4.61. The third-order valence-corrected chi connectivity index (χ3v) is 1.89. The maximum absolute atomic E-state index is 5.49. The van der Waals surface area contributed by atoms with Crippen LogP contribution in [0, 0.1) is 0 Å². The van der Waals surface area contributed by atoms with Crippen molar-refractivity contribution in [1.29, 1.82) is 0 Å². The summed E-state index contributed by atoms with van der Waals surface area (Å²) in [5.74, 6) is 0. The summed E-state index contributed by atoms with van der Waals surface area (Å²) in [4.78, 5) is 1.86. The van der Waals surface area contributed by atoms with E-state index in [0.29, 0.717) is 0 Å². The van der Waals surface area contributed by atoms with Crippen molar-refractivity contribution in [3.63, 3.8) is 0 Å². The maximum atomic E-state index is 5.49. The molecule has 12 heavy (non-hydrogen) atoms. The van der Waals surface area contributed by atoms with Crippen LogP contribution in [0.5, 0.6) is 0 Å². The zero-order chi connectivity index (χ0) is 9.40. The molecule has 0 aromatic heterocycles. The van der Waals surface area contributed by atoms with Gasteiger partial charge in [-0.3, -0.25) is 11.5 Å². The third kappa shape index (κ3) is 5.16. The molecule has 0 heterocycles. The van der Waals surface area contributed by atoms with E-state index in [9.17, 15) is 0 Å². The second kappa shape index (κ2) is 7.13. The molecule has 0 aliphatic carbocycles. The predicted octanol–water partition coefficient (Wildman–Crippen LogP) is 1.21. The molecule has 0 aromatic carbocycles. The largest absolute Gasteiger partial charge is 0.351 e. The third-order valence-electron chi connectivity index (χ3n) is 1.89. The molecule has 0 unspecified atom stereocenters. The van der Waals surface area contributed by atoms with Crippen molar-refractivity contribution < 1.29 is 0 Å². The van der Waals surface area contributed by atoms with E-state index in [2.05, 4.69) is 13.5 Å². The van der Waals surface area contributed by atoms with Crippen LogP contribution in [0.1, 0.15) is 32.6 Å². The first-order valence-electron chi connectivity index (χ1n) is 4.61. The minimum atomic E-state index is -0.399. The van der Waals surface area contributed by atoms with Crippen LogP contribution in [0.4, 0.5) is 0 Å². The van der Waals surface area contributed by atoms with Crippen LogP contribution in [-0.2, 0) is 0 Å². The summed E-state index contributed by atoms with van der Waals surface area (Å²) in [6.45, 7) is 6.76. The van der Waals surface area contributed by atoms with Gasteiger partial charge in [0.15, 0.2) is 0 Å². The summed E-state index contributed by atoms with van der Waals surface area (Å²) < 4.78 is 0. The molecule has 0 aromatic rings. The smallest absolute Gasteiger partial charge is 0.129 e. The molecule has 0 aliphatic rings. The van der Waals surface area contributed by atoms with Gasteiger partial charge >= 0.3 is 0 Å². The van der Waals surface area contributed by atoms with Gasteiger partial charge in [-0.15, -0.1) is 0 Å². The lowest BCUT2D eigenvalue weighted by atomic mass is 10.2. The van der Waals surface area contributed by atoms with Crippen LogP contribution in [0.2, 0.25) is 0 Å².